The van der Waals surface area contributed by atoms with Crippen LogP contribution < -0.4 is 5.43 Å². The lowest BCUT2D eigenvalue weighted by molar-refractivity contribution is -0.146. The second kappa shape index (κ2) is 6.79. The van der Waals surface area contributed by atoms with E-state index in [9.17, 15) is 14.0 Å². The van der Waals surface area contributed by atoms with Crippen molar-refractivity contribution in [3.63, 3.8) is 0 Å². The molecule has 0 atom stereocenters. The SMILES string of the molecule is O=C(N/N=C\c1ccc(F)cc1)C(=O)N1CCCCC1. The zero-order valence-electron chi connectivity index (χ0n) is 11.0. The maximum atomic E-state index is 12.7. The van der Waals surface area contributed by atoms with Gasteiger partial charge in [-0.3, -0.25) is 9.59 Å². The lowest BCUT2D eigenvalue weighted by atomic mass is 10.1. The number of piperidine rings is 1. The van der Waals surface area contributed by atoms with Crippen LogP contribution in [0.5, 0.6) is 0 Å². The third-order valence-electron chi connectivity index (χ3n) is 3.09. The van der Waals surface area contributed by atoms with Gasteiger partial charge in [-0.2, -0.15) is 5.10 Å². The summed E-state index contributed by atoms with van der Waals surface area (Å²) in [4.78, 5) is 24.9. The predicted molar refractivity (Wildman–Crippen MR) is 72.6 cm³/mol. The quantitative estimate of drug-likeness (QED) is 0.503. The Bertz CT molecular complexity index is 508. The molecule has 6 heteroatoms. The van der Waals surface area contributed by atoms with E-state index in [-0.39, 0.29) is 5.82 Å². The molecule has 0 aliphatic carbocycles. The number of rotatable bonds is 2. The molecule has 0 radical (unpaired) electrons. The number of nitrogens with one attached hydrogen (secondary N) is 1. The van der Waals surface area contributed by atoms with Gasteiger partial charge >= 0.3 is 11.8 Å². The molecule has 1 aliphatic heterocycles. The fourth-order valence-corrected chi connectivity index (χ4v) is 2.00. The van der Waals surface area contributed by atoms with Crippen molar-refractivity contribution < 1.29 is 14.0 Å². The summed E-state index contributed by atoms with van der Waals surface area (Å²) in [6.45, 7) is 1.24. The van der Waals surface area contributed by atoms with Crippen LogP contribution in [0.1, 0.15) is 24.8 Å². The Hall–Kier alpha value is -2.24. The van der Waals surface area contributed by atoms with Crippen LogP contribution in [-0.2, 0) is 9.59 Å². The second-order valence-corrected chi connectivity index (χ2v) is 4.60. The number of hydrogen-bond acceptors (Lipinski definition) is 3. The van der Waals surface area contributed by atoms with Gasteiger partial charge in [0.15, 0.2) is 0 Å². The normalized spacial score (nSPS) is 15.3. The van der Waals surface area contributed by atoms with Gasteiger partial charge in [0, 0.05) is 13.1 Å². The Balaban J connectivity index is 1.84. The van der Waals surface area contributed by atoms with Crippen molar-refractivity contribution in [3.05, 3.63) is 35.6 Å². The lowest BCUT2D eigenvalue weighted by Crippen LogP contribution is -2.43. The van der Waals surface area contributed by atoms with Crippen molar-refractivity contribution in [1.29, 1.82) is 0 Å². The number of likely N-dealkylation sites (tertiary alicyclic amines) is 1. The van der Waals surface area contributed by atoms with Crippen molar-refractivity contribution in [2.24, 2.45) is 5.10 Å². The molecule has 1 heterocycles. The smallest absolute Gasteiger partial charge is 0.329 e. The third kappa shape index (κ3) is 3.88. The number of carbonyl (C=O) groups excluding carboxylic acids is 2. The first kappa shape index (κ1) is 14.2. The molecule has 0 spiro atoms. The highest BCUT2D eigenvalue weighted by atomic mass is 19.1. The van der Waals surface area contributed by atoms with E-state index >= 15 is 0 Å². The van der Waals surface area contributed by atoms with Gasteiger partial charge in [-0.25, -0.2) is 9.82 Å². The van der Waals surface area contributed by atoms with Crippen LogP contribution in [0.2, 0.25) is 0 Å². The summed E-state index contributed by atoms with van der Waals surface area (Å²) in [6.07, 6.45) is 4.31. The first-order chi connectivity index (χ1) is 9.66. The third-order valence-corrected chi connectivity index (χ3v) is 3.09. The van der Waals surface area contributed by atoms with Gasteiger partial charge in [0.2, 0.25) is 0 Å². The molecule has 1 N–H and O–H groups in total. The summed E-state index contributed by atoms with van der Waals surface area (Å²) in [7, 11) is 0. The van der Waals surface area contributed by atoms with Crippen molar-refractivity contribution in [2.45, 2.75) is 19.3 Å². The Morgan fingerprint density at radius 1 is 1.15 bits per heavy atom. The standard InChI is InChI=1S/C14H16FN3O2/c15-12-6-4-11(5-7-12)10-16-17-13(19)14(20)18-8-2-1-3-9-18/h4-7,10H,1-3,8-9H2,(H,17,19)/b16-10-. The summed E-state index contributed by atoms with van der Waals surface area (Å²) in [6, 6.07) is 5.64. The maximum absolute atomic E-state index is 12.7. The molecule has 0 unspecified atom stereocenters. The highest BCUT2D eigenvalue weighted by molar-refractivity contribution is 6.35. The largest absolute Gasteiger partial charge is 0.334 e. The number of nitrogens with zero attached hydrogens (tertiary/aromatic N) is 2. The van der Waals surface area contributed by atoms with Crippen LogP contribution >= 0.6 is 0 Å². The molecule has 5 nitrogen and oxygen atoms in total. The molecule has 1 aliphatic rings. The van der Waals surface area contributed by atoms with Gasteiger partial charge in [-0.15, -0.1) is 0 Å². The van der Waals surface area contributed by atoms with Crippen molar-refractivity contribution in [1.82, 2.24) is 10.3 Å². The van der Waals surface area contributed by atoms with Gasteiger partial charge in [0.05, 0.1) is 6.21 Å². The van der Waals surface area contributed by atoms with Crippen molar-refractivity contribution >= 4 is 18.0 Å². The average molecular weight is 277 g/mol. The molecule has 20 heavy (non-hydrogen) atoms. The van der Waals surface area contributed by atoms with Crippen LogP contribution in [0.25, 0.3) is 0 Å². The van der Waals surface area contributed by atoms with E-state index in [1.165, 1.54) is 35.4 Å². The highest BCUT2D eigenvalue weighted by Crippen LogP contribution is 2.08. The van der Waals surface area contributed by atoms with Crippen LogP contribution in [0.4, 0.5) is 4.39 Å². The summed E-state index contributed by atoms with van der Waals surface area (Å²) in [5.74, 6) is -1.64. The van der Waals surface area contributed by atoms with Crippen molar-refractivity contribution in [2.75, 3.05) is 13.1 Å². The zero-order chi connectivity index (χ0) is 14.4. The maximum Gasteiger partial charge on any atom is 0.329 e. The number of benzene rings is 1. The van der Waals surface area contributed by atoms with E-state index < -0.39 is 11.8 Å². The number of amides is 2. The van der Waals surface area contributed by atoms with Gasteiger partial charge in [-0.05, 0) is 37.0 Å². The highest BCUT2D eigenvalue weighted by Gasteiger charge is 2.22. The van der Waals surface area contributed by atoms with Gasteiger partial charge < -0.3 is 4.90 Å². The lowest BCUT2D eigenvalue weighted by Gasteiger charge is -2.25. The number of hydrazone groups is 1. The van der Waals surface area contributed by atoms with Crippen LogP contribution in [0, 0.1) is 5.82 Å². The monoisotopic (exact) mass is 277 g/mol. The van der Waals surface area contributed by atoms with E-state index in [0.29, 0.717) is 18.7 Å². The minimum absolute atomic E-state index is 0.341. The molecule has 2 amide bonds. The first-order valence-corrected chi connectivity index (χ1v) is 6.55. The molecule has 0 aromatic heterocycles. The van der Waals surface area contributed by atoms with E-state index in [4.69, 9.17) is 0 Å². The Morgan fingerprint density at radius 3 is 2.45 bits per heavy atom. The van der Waals surface area contributed by atoms with Crippen molar-refractivity contribution in [3.8, 4) is 0 Å². The summed E-state index contributed by atoms with van der Waals surface area (Å²) < 4.78 is 12.7. The van der Waals surface area contributed by atoms with Gasteiger partial charge in [0.25, 0.3) is 0 Å². The summed E-state index contributed by atoms with van der Waals surface area (Å²) >= 11 is 0. The fourth-order valence-electron chi connectivity index (χ4n) is 2.00. The number of carbonyl (C=O) groups is 2. The molecular formula is C14H16FN3O2. The topological polar surface area (TPSA) is 61.8 Å². The van der Waals surface area contributed by atoms with E-state index in [2.05, 4.69) is 10.5 Å². The first-order valence-electron chi connectivity index (χ1n) is 6.55. The minimum atomic E-state index is -0.745. The fraction of sp³-hybridized carbons (Fsp3) is 0.357. The predicted octanol–water partition coefficient (Wildman–Crippen LogP) is 1.29. The number of hydrogen-bond donors (Lipinski definition) is 1. The Morgan fingerprint density at radius 2 is 1.80 bits per heavy atom. The van der Waals surface area contributed by atoms with E-state index in [1.54, 1.807) is 0 Å². The minimum Gasteiger partial charge on any atom is -0.334 e. The van der Waals surface area contributed by atoms with Crippen LogP contribution in [0.15, 0.2) is 29.4 Å². The molecule has 1 fully saturated rings. The summed E-state index contributed by atoms with van der Waals surface area (Å²) in [5.41, 5.74) is 2.82. The molecule has 106 valence electrons. The van der Waals surface area contributed by atoms with Gasteiger partial charge in [-0.1, -0.05) is 12.1 Å². The molecule has 0 bridgehead atoms. The van der Waals surface area contributed by atoms with Gasteiger partial charge in [0.1, 0.15) is 5.82 Å². The number of halogens is 1. The van der Waals surface area contributed by atoms with E-state index in [1.807, 2.05) is 0 Å². The molecule has 1 aromatic carbocycles. The van der Waals surface area contributed by atoms with Crippen LogP contribution in [-0.4, -0.2) is 36.0 Å². The molecule has 1 saturated heterocycles. The Kier molecular flexibility index (Phi) is 4.81. The Labute approximate surface area is 116 Å². The molecule has 2 rings (SSSR count). The molecular weight excluding hydrogens is 261 g/mol. The second-order valence-electron chi connectivity index (χ2n) is 4.60. The molecule has 0 saturated carbocycles. The zero-order valence-corrected chi connectivity index (χ0v) is 11.0. The average Bonchev–Trinajstić information content (AvgIpc) is 2.49. The summed E-state index contributed by atoms with van der Waals surface area (Å²) in [5, 5.41) is 3.69. The molecule has 1 aromatic rings. The van der Waals surface area contributed by atoms with E-state index in [0.717, 1.165) is 19.3 Å². The van der Waals surface area contributed by atoms with Crippen LogP contribution in [0.3, 0.4) is 0 Å².